The Labute approximate surface area is 159 Å². The zero-order valence-corrected chi connectivity index (χ0v) is 15.8. The highest BCUT2D eigenvalue weighted by atomic mass is 79.9. The van der Waals surface area contributed by atoms with Crippen molar-refractivity contribution in [1.82, 2.24) is 5.32 Å². The summed E-state index contributed by atoms with van der Waals surface area (Å²) in [6.07, 6.45) is -0.841. The number of nitrogens with one attached hydrogen (secondary N) is 1. The molecule has 0 radical (unpaired) electrons. The van der Waals surface area contributed by atoms with Crippen molar-refractivity contribution in [2.75, 3.05) is 14.2 Å². The van der Waals surface area contributed by atoms with E-state index in [1.54, 1.807) is 12.1 Å². The van der Waals surface area contributed by atoms with Crippen LogP contribution in [0.15, 0.2) is 46.9 Å². The Balaban J connectivity index is 2.15. The summed E-state index contributed by atoms with van der Waals surface area (Å²) in [7, 11) is 2.90. The van der Waals surface area contributed by atoms with Crippen molar-refractivity contribution in [3.05, 3.63) is 58.1 Å². The molecular formula is C18H18BrNO6. The Morgan fingerprint density at radius 1 is 1.15 bits per heavy atom. The van der Waals surface area contributed by atoms with E-state index in [9.17, 15) is 14.7 Å². The van der Waals surface area contributed by atoms with Gasteiger partial charge in [0.1, 0.15) is 6.61 Å². The van der Waals surface area contributed by atoms with Crippen molar-refractivity contribution < 1.29 is 28.9 Å². The molecule has 2 rings (SSSR count). The van der Waals surface area contributed by atoms with Crippen LogP contribution in [-0.4, -0.2) is 31.4 Å². The lowest BCUT2D eigenvalue weighted by atomic mass is 10.1. The SMILES string of the molecule is COc1cc(C(NC(=O)OCc2ccccc2)C(=O)O)cc(Br)c1OC. The molecule has 2 aromatic rings. The molecule has 1 atom stereocenters. The van der Waals surface area contributed by atoms with Gasteiger partial charge in [-0.2, -0.15) is 0 Å². The summed E-state index contributed by atoms with van der Waals surface area (Å²) in [6.45, 7) is 0.0363. The molecule has 0 bridgehead atoms. The molecule has 1 unspecified atom stereocenters. The van der Waals surface area contributed by atoms with E-state index in [0.29, 0.717) is 21.5 Å². The molecule has 2 aromatic carbocycles. The van der Waals surface area contributed by atoms with E-state index < -0.39 is 18.1 Å². The monoisotopic (exact) mass is 423 g/mol. The van der Waals surface area contributed by atoms with E-state index in [-0.39, 0.29) is 6.61 Å². The first-order chi connectivity index (χ1) is 12.5. The van der Waals surface area contributed by atoms with E-state index in [4.69, 9.17) is 14.2 Å². The molecule has 0 aliphatic heterocycles. The molecular weight excluding hydrogens is 406 g/mol. The van der Waals surface area contributed by atoms with Crippen LogP contribution in [0.25, 0.3) is 0 Å². The van der Waals surface area contributed by atoms with Crippen LogP contribution >= 0.6 is 15.9 Å². The van der Waals surface area contributed by atoms with Crippen molar-refractivity contribution in [1.29, 1.82) is 0 Å². The topological polar surface area (TPSA) is 94.1 Å². The van der Waals surface area contributed by atoms with E-state index in [0.717, 1.165) is 5.56 Å². The smallest absolute Gasteiger partial charge is 0.408 e. The largest absolute Gasteiger partial charge is 0.493 e. The van der Waals surface area contributed by atoms with Crippen LogP contribution in [0.3, 0.4) is 0 Å². The number of carbonyl (C=O) groups excluding carboxylic acids is 1. The molecule has 8 heteroatoms. The van der Waals surface area contributed by atoms with Gasteiger partial charge < -0.3 is 24.6 Å². The molecule has 0 heterocycles. The third kappa shape index (κ3) is 4.89. The standard InChI is InChI=1S/C18H18BrNO6/c1-24-14-9-12(8-13(19)16(14)25-2)15(17(21)22)20-18(23)26-10-11-6-4-3-5-7-11/h3-9,15H,10H2,1-2H3,(H,20,23)(H,21,22). The number of hydrogen-bond donors (Lipinski definition) is 2. The molecule has 0 saturated heterocycles. The fourth-order valence-electron chi connectivity index (χ4n) is 2.27. The minimum absolute atomic E-state index is 0.0363. The molecule has 1 amide bonds. The predicted octanol–water partition coefficient (Wildman–Crippen LogP) is 3.52. The predicted molar refractivity (Wildman–Crippen MR) is 97.4 cm³/mol. The van der Waals surface area contributed by atoms with Gasteiger partial charge in [0.05, 0.1) is 18.7 Å². The van der Waals surface area contributed by atoms with Crippen molar-refractivity contribution in [2.24, 2.45) is 0 Å². The number of carbonyl (C=O) groups is 2. The summed E-state index contributed by atoms with van der Waals surface area (Å²) in [6, 6.07) is 10.8. The third-order valence-electron chi connectivity index (χ3n) is 3.51. The van der Waals surface area contributed by atoms with Gasteiger partial charge in [-0.1, -0.05) is 30.3 Å². The van der Waals surface area contributed by atoms with E-state index in [1.165, 1.54) is 26.4 Å². The van der Waals surface area contributed by atoms with Crippen LogP contribution in [0.5, 0.6) is 11.5 Å². The highest BCUT2D eigenvalue weighted by Crippen LogP contribution is 2.37. The Morgan fingerprint density at radius 3 is 2.42 bits per heavy atom. The van der Waals surface area contributed by atoms with Crippen LogP contribution in [0.4, 0.5) is 4.79 Å². The summed E-state index contributed by atoms with van der Waals surface area (Å²) in [4.78, 5) is 23.6. The first kappa shape index (κ1) is 19.6. The third-order valence-corrected chi connectivity index (χ3v) is 4.10. The van der Waals surface area contributed by atoms with Crippen LogP contribution in [-0.2, 0) is 16.1 Å². The maximum atomic E-state index is 12.0. The van der Waals surface area contributed by atoms with E-state index in [2.05, 4.69) is 21.2 Å². The lowest BCUT2D eigenvalue weighted by Gasteiger charge is -2.18. The number of amides is 1. The number of rotatable bonds is 7. The highest BCUT2D eigenvalue weighted by Gasteiger charge is 2.25. The summed E-state index contributed by atoms with van der Waals surface area (Å²) in [5.74, 6) is -0.476. The van der Waals surface area contributed by atoms with Gasteiger partial charge in [-0.25, -0.2) is 9.59 Å². The van der Waals surface area contributed by atoms with Gasteiger partial charge in [0.2, 0.25) is 0 Å². The van der Waals surface area contributed by atoms with Crippen LogP contribution < -0.4 is 14.8 Å². The highest BCUT2D eigenvalue weighted by molar-refractivity contribution is 9.10. The summed E-state index contributed by atoms with van der Waals surface area (Å²) < 4.78 is 16.0. The second-order valence-corrected chi connectivity index (χ2v) is 6.07. The average molecular weight is 424 g/mol. The number of ether oxygens (including phenoxy) is 3. The number of methoxy groups -OCH3 is 2. The fourth-order valence-corrected chi connectivity index (χ4v) is 2.90. The number of hydrogen-bond acceptors (Lipinski definition) is 5. The van der Waals surface area contributed by atoms with Gasteiger partial charge in [-0.3, -0.25) is 0 Å². The molecule has 138 valence electrons. The first-order valence-electron chi connectivity index (χ1n) is 7.57. The number of aliphatic carboxylic acids is 1. The Hall–Kier alpha value is -2.74. The van der Waals surface area contributed by atoms with Crippen molar-refractivity contribution in [3.63, 3.8) is 0 Å². The zero-order chi connectivity index (χ0) is 19.1. The second kappa shape index (κ2) is 9.10. The van der Waals surface area contributed by atoms with Crippen molar-refractivity contribution in [3.8, 4) is 11.5 Å². The van der Waals surface area contributed by atoms with Gasteiger partial charge in [0.25, 0.3) is 0 Å². The Bertz CT molecular complexity index is 781. The number of alkyl carbamates (subject to hydrolysis) is 1. The number of carboxylic acids is 1. The van der Waals surface area contributed by atoms with E-state index >= 15 is 0 Å². The molecule has 26 heavy (non-hydrogen) atoms. The molecule has 0 saturated carbocycles. The minimum atomic E-state index is -1.31. The van der Waals surface area contributed by atoms with Crippen molar-refractivity contribution in [2.45, 2.75) is 12.6 Å². The van der Waals surface area contributed by atoms with Crippen LogP contribution in [0.1, 0.15) is 17.2 Å². The summed E-state index contributed by atoms with van der Waals surface area (Å²) in [5, 5.41) is 11.8. The average Bonchev–Trinajstić information content (AvgIpc) is 2.64. The maximum absolute atomic E-state index is 12.0. The van der Waals surface area contributed by atoms with Gasteiger partial charge >= 0.3 is 12.1 Å². The summed E-state index contributed by atoms with van der Waals surface area (Å²) >= 11 is 3.30. The first-order valence-corrected chi connectivity index (χ1v) is 8.37. The van der Waals surface area contributed by atoms with Gasteiger partial charge in [-0.05, 0) is 39.2 Å². The molecule has 0 aromatic heterocycles. The Morgan fingerprint density at radius 2 is 1.85 bits per heavy atom. The fraction of sp³-hybridized carbons (Fsp3) is 0.222. The normalized spacial score (nSPS) is 11.3. The van der Waals surface area contributed by atoms with E-state index in [1.807, 2.05) is 18.2 Å². The number of carboxylic acid groups (broad SMARTS) is 1. The molecule has 2 N–H and O–H groups in total. The summed E-state index contributed by atoms with van der Waals surface area (Å²) in [5.41, 5.74) is 1.10. The molecule has 0 aliphatic rings. The number of halogens is 1. The van der Waals surface area contributed by atoms with Crippen molar-refractivity contribution >= 4 is 28.0 Å². The zero-order valence-electron chi connectivity index (χ0n) is 14.2. The number of benzene rings is 2. The second-order valence-electron chi connectivity index (χ2n) is 5.22. The van der Waals surface area contributed by atoms with Gasteiger partial charge in [-0.15, -0.1) is 0 Å². The molecule has 0 fully saturated rings. The molecule has 0 spiro atoms. The van der Waals surface area contributed by atoms with Gasteiger partial charge in [0, 0.05) is 0 Å². The van der Waals surface area contributed by atoms with Crippen LogP contribution in [0, 0.1) is 0 Å². The Kier molecular flexibility index (Phi) is 6.85. The lowest BCUT2D eigenvalue weighted by Crippen LogP contribution is -2.34. The van der Waals surface area contributed by atoms with Gasteiger partial charge in [0.15, 0.2) is 17.5 Å². The quantitative estimate of drug-likeness (QED) is 0.707. The maximum Gasteiger partial charge on any atom is 0.408 e. The van der Waals surface area contributed by atoms with Crippen LogP contribution in [0.2, 0.25) is 0 Å². The molecule has 7 nitrogen and oxygen atoms in total. The molecule has 0 aliphatic carbocycles. The minimum Gasteiger partial charge on any atom is -0.493 e. The lowest BCUT2D eigenvalue weighted by molar-refractivity contribution is -0.139.